The topological polar surface area (TPSA) is 61.8 Å². The minimum absolute atomic E-state index is 0.125. The van der Waals surface area contributed by atoms with Crippen molar-refractivity contribution in [3.63, 3.8) is 0 Å². The highest BCUT2D eigenvalue weighted by Crippen LogP contribution is 2.16. The second-order valence-electron chi connectivity index (χ2n) is 5.26. The first-order valence-electron chi connectivity index (χ1n) is 6.15. The molecule has 0 aliphatic rings. The number of anilines is 1. The molecule has 0 spiro atoms. The molecule has 0 aliphatic heterocycles. The van der Waals surface area contributed by atoms with Gasteiger partial charge in [0.15, 0.2) is 0 Å². The molecule has 0 aliphatic carbocycles. The van der Waals surface area contributed by atoms with E-state index < -0.39 is 5.60 Å². The highest BCUT2D eigenvalue weighted by atomic mass is 16.5. The number of methoxy groups -OCH3 is 1. The number of benzene rings is 1. The van der Waals surface area contributed by atoms with Crippen molar-refractivity contribution in [2.45, 2.75) is 19.4 Å². The number of carbonyl (C=O) groups excluding carboxylic acids is 1. The number of rotatable bonds is 6. The summed E-state index contributed by atoms with van der Waals surface area (Å²) in [5.41, 5.74) is -0.119. The highest BCUT2D eigenvalue weighted by Gasteiger charge is 2.17. The molecule has 0 fully saturated rings. The van der Waals surface area contributed by atoms with Crippen molar-refractivity contribution < 1.29 is 14.6 Å². The number of aliphatic hydroxyl groups is 1. The molecule has 1 aromatic rings. The number of nitrogens with zero attached hydrogens (tertiary/aromatic N) is 1. The molecule has 0 unspecified atom stereocenters. The van der Waals surface area contributed by atoms with Crippen LogP contribution in [-0.2, 0) is 4.79 Å². The summed E-state index contributed by atoms with van der Waals surface area (Å²) >= 11 is 0. The van der Waals surface area contributed by atoms with E-state index in [1.807, 2.05) is 12.1 Å². The lowest BCUT2D eigenvalue weighted by molar-refractivity contribution is -0.117. The molecule has 1 amide bonds. The van der Waals surface area contributed by atoms with Gasteiger partial charge in [0.05, 0.1) is 19.3 Å². The molecule has 0 saturated carbocycles. The van der Waals surface area contributed by atoms with Gasteiger partial charge in [0.2, 0.25) is 5.91 Å². The number of amides is 1. The van der Waals surface area contributed by atoms with E-state index in [1.54, 1.807) is 45.0 Å². The molecule has 0 aromatic heterocycles. The summed E-state index contributed by atoms with van der Waals surface area (Å²) in [4.78, 5) is 13.6. The van der Waals surface area contributed by atoms with Crippen molar-refractivity contribution in [3.05, 3.63) is 24.3 Å². The Bertz CT molecular complexity index is 427. The lowest BCUT2D eigenvalue weighted by Gasteiger charge is -2.24. The lowest BCUT2D eigenvalue weighted by atomic mass is 10.1. The first-order valence-corrected chi connectivity index (χ1v) is 6.15. The Kier molecular flexibility index (Phi) is 5.32. The molecule has 106 valence electrons. The van der Waals surface area contributed by atoms with Gasteiger partial charge in [0, 0.05) is 18.3 Å². The molecule has 19 heavy (non-hydrogen) atoms. The Hall–Kier alpha value is -1.59. The van der Waals surface area contributed by atoms with E-state index in [2.05, 4.69) is 5.32 Å². The molecule has 1 rings (SSSR count). The zero-order chi connectivity index (χ0) is 14.5. The fraction of sp³-hybridized carbons (Fsp3) is 0.500. The predicted molar refractivity (Wildman–Crippen MR) is 75.4 cm³/mol. The predicted octanol–water partition coefficient (Wildman–Crippen LogP) is 1.34. The summed E-state index contributed by atoms with van der Waals surface area (Å²) in [6, 6.07) is 7.19. The smallest absolute Gasteiger partial charge is 0.238 e. The Balaban J connectivity index is 2.50. The van der Waals surface area contributed by atoms with Crippen LogP contribution in [0.5, 0.6) is 5.75 Å². The maximum atomic E-state index is 11.8. The number of likely N-dealkylation sites (N-methyl/N-ethyl adjacent to an activating group) is 1. The second kappa shape index (κ2) is 6.54. The van der Waals surface area contributed by atoms with Crippen LogP contribution in [0.15, 0.2) is 24.3 Å². The van der Waals surface area contributed by atoms with Crippen LogP contribution < -0.4 is 10.1 Å². The second-order valence-corrected chi connectivity index (χ2v) is 5.26. The largest absolute Gasteiger partial charge is 0.497 e. The highest BCUT2D eigenvalue weighted by molar-refractivity contribution is 5.92. The van der Waals surface area contributed by atoms with Crippen molar-refractivity contribution in [1.82, 2.24) is 4.90 Å². The monoisotopic (exact) mass is 266 g/mol. The first-order chi connectivity index (χ1) is 8.80. The van der Waals surface area contributed by atoms with E-state index in [9.17, 15) is 9.90 Å². The van der Waals surface area contributed by atoms with E-state index in [0.717, 1.165) is 0 Å². The number of hydrogen-bond acceptors (Lipinski definition) is 4. The lowest BCUT2D eigenvalue weighted by Crippen LogP contribution is -2.40. The summed E-state index contributed by atoms with van der Waals surface area (Å²) in [6.07, 6.45) is 0. The quantitative estimate of drug-likeness (QED) is 0.815. The number of carbonyl (C=O) groups is 1. The maximum absolute atomic E-state index is 11.8. The van der Waals surface area contributed by atoms with Gasteiger partial charge >= 0.3 is 0 Å². The zero-order valence-corrected chi connectivity index (χ0v) is 11.9. The minimum atomic E-state index is -0.814. The molecule has 0 bridgehead atoms. The molecule has 5 heteroatoms. The fourth-order valence-electron chi connectivity index (χ4n) is 1.86. The summed E-state index contributed by atoms with van der Waals surface area (Å²) in [5.74, 6) is 0.572. The van der Waals surface area contributed by atoms with Crippen molar-refractivity contribution in [3.8, 4) is 5.75 Å². The molecule has 5 nitrogen and oxygen atoms in total. The SMILES string of the molecule is COc1cccc(NC(=O)CN(C)CC(C)(C)O)c1. The molecule has 0 heterocycles. The van der Waals surface area contributed by atoms with Crippen molar-refractivity contribution >= 4 is 11.6 Å². The molecule has 2 N–H and O–H groups in total. The van der Waals surface area contributed by atoms with Gasteiger partial charge in [-0.25, -0.2) is 0 Å². The van der Waals surface area contributed by atoms with Crippen LogP contribution >= 0.6 is 0 Å². The standard InChI is InChI=1S/C14H22N2O3/c1-14(2,18)10-16(3)9-13(17)15-11-6-5-7-12(8-11)19-4/h5-8,18H,9-10H2,1-4H3,(H,15,17). The van der Waals surface area contributed by atoms with Crippen LogP contribution in [0.2, 0.25) is 0 Å². The third kappa shape index (κ3) is 6.22. The molecule has 0 radical (unpaired) electrons. The maximum Gasteiger partial charge on any atom is 0.238 e. The first kappa shape index (κ1) is 15.5. The average Bonchev–Trinajstić information content (AvgIpc) is 2.26. The van der Waals surface area contributed by atoms with Gasteiger partial charge in [0.25, 0.3) is 0 Å². The Morgan fingerprint density at radius 1 is 1.47 bits per heavy atom. The fourth-order valence-corrected chi connectivity index (χ4v) is 1.86. The van der Waals surface area contributed by atoms with E-state index >= 15 is 0 Å². The van der Waals surface area contributed by atoms with E-state index in [1.165, 1.54) is 0 Å². The van der Waals surface area contributed by atoms with Crippen LogP contribution in [0, 0.1) is 0 Å². The van der Waals surface area contributed by atoms with E-state index in [-0.39, 0.29) is 12.5 Å². The van der Waals surface area contributed by atoms with Gasteiger partial charge < -0.3 is 15.2 Å². The third-order valence-electron chi connectivity index (χ3n) is 2.42. The normalized spacial score (nSPS) is 11.5. The average molecular weight is 266 g/mol. The summed E-state index contributed by atoms with van der Waals surface area (Å²) in [5, 5.41) is 12.5. The van der Waals surface area contributed by atoms with Gasteiger partial charge in [-0.2, -0.15) is 0 Å². The number of ether oxygens (including phenoxy) is 1. The van der Waals surface area contributed by atoms with E-state index in [4.69, 9.17) is 4.74 Å². The van der Waals surface area contributed by atoms with Gasteiger partial charge in [-0.3, -0.25) is 9.69 Å². The van der Waals surface area contributed by atoms with Crippen LogP contribution in [-0.4, -0.2) is 48.8 Å². The van der Waals surface area contributed by atoms with Crippen molar-refractivity contribution in [2.75, 3.05) is 32.6 Å². The zero-order valence-electron chi connectivity index (χ0n) is 11.9. The van der Waals surface area contributed by atoms with Crippen LogP contribution in [0.25, 0.3) is 0 Å². The van der Waals surface area contributed by atoms with Crippen LogP contribution in [0.1, 0.15) is 13.8 Å². The molecule has 1 aromatic carbocycles. The summed E-state index contributed by atoms with van der Waals surface area (Å²) in [6.45, 7) is 4.08. The Labute approximate surface area is 114 Å². The summed E-state index contributed by atoms with van der Waals surface area (Å²) < 4.78 is 5.09. The minimum Gasteiger partial charge on any atom is -0.497 e. The number of nitrogens with one attached hydrogen (secondary N) is 1. The Morgan fingerprint density at radius 2 is 2.16 bits per heavy atom. The molecule has 0 saturated heterocycles. The van der Waals surface area contributed by atoms with Crippen LogP contribution in [0.3, 0.4) is 0 Å². The van der Waals surface area contributed by atoms with Crippen molar-refractivity contribution in [2.24, 2.45) is 0 Å². The van der Waals surface area contributed by atoms with Gasteiger partial charge in [0.1, 0.15) is 5.75 Å². The Morgan fingerprint density at radius 3 is 2.74 bits per heavy atom. The third-order valence-corrected chi connectivity index (χ3v) is 2.42. The van der Waals surface area contributed by atoms with Gasteiger partial charge in [-0.05, 0) is 33.0 Å². The van der Waals surface area contributed by atoms with Crippen LogP contribution in [0.4, 0.5) is 5.69 Å². The van der Waals surface area contributed by atoms with E-state index in [0.29, 0.717) is 18.0 Å². The molecule has 0 atom stereocenters. The van der Waals surface area contributed by atoms with Gasteiger partial charge in [-0.15, -0.1) is 0 Å². The van der Waals surface area contributed by atoms with Gasteiger partial charge in [-0.1, -0.05) is 6.07 Å². The number of hydrogen-bond donors (Lipinski definition) is 2. The molecular weight excluding hydrogens is 244 g/mol. The molecular formula is C14H22N2O3. The summed E-state index contributed by atoms with van der Waals surface area (Å²) in [7, 11) is 3.38. The van der Waals surface area contributed by atoms with Crippen molar-refractivity contribution in [1.29, 1.82) is 0 Å².